The highest BCUT2D eigenvalue weighted by atomic mass is 35.5. The van der Waals surface area contributed by atoms with Crippen LogP contribution >= 0.6 is 23.2 Å². The van der Waals surface area contributed by atoms with E-state index < -0.39 is 17.7 Å². The molecule has 146 valence electrons. The summed E-state index contributed by atoms with van der Waals surface area (Å²) in [5.74, 6) is -0.558. The number of aliphatic hydroxyl groups excluding tert-OH is 1. The molecule has 2 atom stereocenters. The van der Waals surface area contributed by atoms with Crippen molar-refractivity contribution in [1.82, 2.24) is 0 Å². The normalized spacial score (nSPS) is 13.9. The summed E-state index contributed by atoms with van der Waals surface area (Å²) in [5, 5.41) is 12.1. The van der Waals surface area contributed by atoms with Crippen LogP contribution in [-0.2, 0) is 19.9 Å². The number of esters is 1. The van der Waals surface area contributed by atoms with Crippen LogP contribution in [0.2, 0.25) is 10.0 Å². The molecule has 0 aliphatic heterocycles. The molecule has 1 N–H and O–H groups in total. The highest BCUT2D eigenvalue weighted by Gasteiger charge is 2.47. The van der Waals surface area contributed by atoms with Crippen molar-refractivity contribution >= 4 is 29.2 Å². The van der Waals surface area contributed by atoms with Crippen LogP contribution < -0.4 is 0 Å². The average Bonchev–Trinajstić information content (AvgIpc) is 2.69. The van der Waals surface area contributed by atoms with Crippen LogP contribution in [0, 0.1) is 5.92 Å². The first kappa shape index (κ1) is 21.7. The molecule has 2 rings (SSSR count). The van der Waals surface area contributed by atoms with Gasteiger partial charge in [0, 0.05) is 10.0 Å². The summed E-state index contributed by atoms with van der Waals surface area (Å²) in [6, 6.07) is 13.7. The number of benzene rings is 2. The molecule has 0 aromatic heterocycles. The lowest BCUT2D eigenvalue weighted by atomic mass is 9.81. The smallest absolute Gasteiger partial charge is 0.338 e. The summed E-state index contributed by atoms with van der Waals surface area (Å²) in [5.41, 5.74) is -0.267. The van der Waals surface area contributed by atoms with E-state index in [0.717, 1.165) is 6.42 Å². The molecule has 27 heavy (non-hydrogen) atoms. The van der Waals surface area contributed by atoms with Gasteiger partial charge < -0.3 is 14.6 Å². The Morgan fingerprint density at radius 3 is 1.85 bits per heavy atom. The molecule has 0 amide bonds. The van der Waals surface area contributed by atoms with Gasteiger partial charge in [-0.25, -0.2) is 4.79 Å². The van der Waals surface area contributed by atoms with Crippen molar-refractivity contribution in [2.75, 3.05) is 13.7 Å². The molecule has 0 saturated heterocycles. The molecule has 0 fully saturated rings. The maximum atomic E-state index is 12.3. The maximum Gasteiger partial charge on any atom is 0.338 e. The van der Waals surface area contributed by atoms with E-state index in [-0.39, 0.29) is 5.92 Å². The van der Waals surface area contributed by atoms with Gasteiger partial charge in [-0.1, -0.05) is 67.7 Å². The van der Waals surface area contributed by atoms with Gasteiger partial charge in [-0.3, -0.25) is 0 Å². The van der Waals surface area contributed by atoms with E-state index in [1.807, 2.05) is 6.92 Å². The van der Waals surface area contributed by atoms with E-state index in [2.05, 4.69) is 6.92 Å². The number of halogens is 2. The van der Waals surface area contributed by atoms with Crippen molar-refractivity contribution in [1.29, 1.82) is 0 Å². The van der Waals surface area contributed by atoms with Crippen molar-refractivity contribution in [3.63, 3.8) is 0 Å². The molecule has 6 heteroatoms. The van der Waals surface area contributed by atoms with Crippen LogP contribution in [0.3, 0.4) is 0 Å². The molecule has 0 bridgehead atoms. The van der Waals surface area contributed by atoms with Gasteiger partial charge in [0.25, 0.3) is 0 Å². The Kier molecular flexibility index (Phi) is 7.68. The average molecular weight is 411 g/mol. The predicted molar refractivity (Wildman–Crippen MR) is 107 cm³/mol. The molecule has 0 aliphatic carbocycles. The number of rotatable bonds is 8. The number of methoxy groups -OCH3 is 1. The van der Waals surface area contributed by atoms with Crippen LogP contribution in [0.25, 0.3) is 0 Å². The SMILES string of the molecule is CC[C@@H](C)COC(c1ccc(Cl)cc1)(c1ccc(Cl)cc1)[C@H](O)C(=O)OC. The van der Waals surface area contributed by atoms with Crippen LogP contribution in [0.1, 0.15) is 31.4 Å². The van der Waals surface area contributed by atoms with E-state index >= 15 is 0 Å². The van der Waals surface area contributed by atoms with Crippen LogP contribution in [0.4, 0.5) is 0 Å². The standard InChI is InChI=1S/C21H24Cl2O4/c1-4-14(2)13-27-21(19(24)20(25)26-3,15-5-9-17(22)10-6-15)16-7-11-18(23)12-8-16/h5-12,14,19,24H,4,13H2,1-3H3/t14-,19-/m1/s1. The van der Waals surface area contributed by atoms with Gasteiger partial charge in [0.1, 0.15) is 0 Å². The number of carbonyl (C=O) groups is 1. The largest absolute Gasteiger partial charge is 0.467 e. The monoisotopic (exact) mass is 410 g/mol. The van der Waals surface area contributed by atoms with Crippen molar-refractivity contribution in [2.45, 2.75) is 32.0 Å². The zero-order chi connectivity index (χ0) is 20.0. The fraction of sp³-hybridized carbons (Fsp3) is 0.381. The van der Waals surface area contributed by atoms with Crippen molar-refractivity contribution in [2.24, 2.45) is 5.92 Å². The van der Waals surface area contributed by atoms with E-state index in [0.29, 0.717) is 27.8 Å². The lowest BCUT2D eigenvalue weighted by molar-refractivity contribution is -0.172. The molecule has 4 nitrogen and oxygen atoms in total. The minimum Gasteiger partial charge on any atom is -0.467 e. The third-order valence-electron chi connectivity index (χ3n) is 4.65. The first-order valence-electron chi connectivity index (χ1n) is 8.77. The number of hydrogen-bond acceptors (Lipinski definition) is 4. The fourth-order valence-corrected chi connectivity index (χ4v) is 3.04. The topological polar surface area (TPSA) is 55.8 Å². The van der Waals surface area contributed by atoms with Gasteiger partial charge >= 0.3 is 5.97 Å². The molecule has 2 aromatic rings. The molecule has 0 unspecified atom stereocenters. The van der Waals surface area contributed by atoms with Crippen molar-refractivity contribution < 1.29 is 19.4 Å². The molecule has 0 aliphatic rings. The second kappa shape index (κ2) is 9.56. The van der Waals surface area contributed by atoms with Gasteiger partial charge in [-0.05, 0) is 41.3 Å². The third kappa shape index (κ3) is 4.82. The summed E-state index contributed by atoms with van der Waals surface area (Å²) in [6.45, 7) is 4.44. The Bertz CT molecular complexity index is 698. The highest BCUT2D eigenvalue weighted by Crippen LogP contribution is 2.39. The number of ether oxygens (including phenoxy) is 2. The Hall–Kier alpha value is -1.59. The fourth-order valence-electron chi connectivity index (χ4n) is 2.79. The Balaban J connectivity index is 2.68. The Morgan fingerprint density at radius 1 is 1.04 bits per heavy atom. The molecule has 0 saturated carbocycles. The number of hydrogen-bond donors (Lipinski definition) is 1. The summed E-state index contributed by atoms with van der Waals surface area (Å²) < 4.78 is 11.1. The Morgan fingerprint density at radius 2 is 1.48 bits per heavy atom. The third-order valence-corrected chi connectivity index (χ3v) is 5.15. The minimum absolute atomic E-state index is 0.230. The summed E-state index contributed by atoms with van der Waals surface area (Å²) in [7, 11) is 1.23. The van der Waals surface area contributed by atoms with Gasteiger partial charge in [-0.2, -0.15) is 0 Å². The maximum absolute atomic E-state index is 12.3. The number of aliphatic hydroxyl groups is 1. The first-order valence-corrected chi connectivity index (χ1v) is 9.52. The molecule has 0 spiro atoms. The van der Waals surface area contributed by atoms with Crippen LogP contribution in [-0.4, -0.2) is 30.9 Å². The van der Waals surface area contributed by atoms with Crippen LogP contribution in [0.5, 0.6) is 0 Å². The summed E-state index contributed by atoms with van der Waals surface area (Å²) in [4.78, 5) is 12.3. The van der Waals surface area contributed by atoms with Crippen LogP contribution in [0.15, 0.2) is 48.5 Å². The Labute approximate surface area is 170 Å². The zero-order valence-corrected chi connectivity index (χ0v) is 17.1. The van der Waals surface area contributed by atoms with Crippen molar-refractivity contribution in [3.05, 3.63) is 69.7 Å². The summed E-state index contributed by atoms with van der Waals surface area (Å²) >= 11 is 12.1. The minimum atomic E-state index is -1.58. The van der Waals surface area contributed by atoms with E-state index in [9.17, 15) is 9.90 Å². The predicted octanol–water partition coefficient (Wildman–Crippen LogP) is 4.83. The van der Waals surface area contributed by atoms with Gasteiger partial charge in [0.2, 0.25) is 0 Å². The second-order valence-electron chi connectivity index (χ2n) is 6.50. The molecular formula is C21H24Cl2O4. The lowest BCUT2D eigenvalue weighted by Gasteiger charge is -2.38. The van der Waals surface area contributed by atoms with Gasteiger partial charge in [0.05, 0.1) is 13.7 Å². The quantitative estimate of drug-likeness (QED) is 0.632. The molecular weight excluding hydrogens is 387 g/mol. The lowest BCUT2D eigenvalue weighted by Crippen LogP contribution is -2.49. The van der Waals surface area contributed by atoms with E-state index in [1.165, 1.54) is 7.11 Å². The number of carbonyl (C=O) groups excluding carboxylic acids is 1. The first-order chi connectivity index (χ1) is 12.8. The molecule has 0 radical (unpaired) electrons. The molecule has 2 aromatic carbocycles. The van der Waals surface area contributed by atoms with Crippen molar-refractivity contribution in [3.8, 4) is 0 Å². The van der Waals surface area contributed by atoms with Gasteiger partial charge in [-0.15, -0.1) is 0 Å². The molecule has 0 heterocycles. The van der Waals surface area contributed by atoms with E-state index in [4.69, 9.17) is 32.7 Å². The van der Waals surface area contributed by atoms with E-state index in [1.54, 1.807) is 48.5 Å². The van der Waals surface area contributed by atoms with Gasteiger partial charge in [0.15, 0.2) is 11.7 Å². The second-order valence-corrected chi connectivity index (χ2v) is 7.37. The summed E-state index contributed by atoms with van der Waals surface area (Å²) in [6.07, 6.45) is -0.681. The highest BCUT2D eigenvalue weighted by molar-refractivity contribution is 6.30. The zero-order valence-electron chi connectivity index (χ0n) is 15.6.